The third kappa shape index (κ3) is 5.64. The lowest BCUT2D eigenvalue weighted by atomic mass is 10.1. The SMILES string of the molecule is Cc1cc([N+](=O)[O-])cnc1NCCCCCCC(=O)O. The number of aryl methyl sites for hydroxylation is 1. The van der Waals surface area contributed by atoms with Gasteiger partial charge in [-0.15, -0.1) is 0 Å². The summed E-state index contributed by atoms with van der Waals surface area (Å²) < 4.78 is 0. The number of hydrogen-bond acceptors (Lipinski definition) is 5. The number of nitro groups is 1. The lowest BCUT2D eigenvalue weighted by Crippen LogP contribution is -2.05. The van der Waals surface area contributed by atoms with Gasteiger partial charge in [0.2, 0.25) is 0 Å². The van der Waals surface area contributed by atoms with Crippen molar-refractivity contribution in [3.8, 4) is 0 Å². The van der Waals surface area contributed by atoms with Gasteiger partial charge in [0.25, 0.3) is 5.69 Å². The molecule has 0 aliphatic rings. The molecular formula is C13H19N3O4. The van der Waals surface area contributed by atoms with Crippen LogP contribution in [0.4, 0.5) is 11.5 Å². The zero-order chi connectivity index (χ0) is 15.0. The minimum Gasteiger partial charge on any atom is -0.481 e. The van der Waals surface area contributed by atoms with E-state index in [0.717, 1.165) is 31.4 Å². The summed E-state index contributed by atoms with van der Waals surface area (Å²) in [6, 6.07) is 1.49. The van der Waals surface area contributed by atoms with Crippen LogP contribution in [0.15, 0.2) is 12.3 Å². The minimum absolute atomic E-state index is 0.0123. The predicted octanol–water partition coefficient (Wildman–Crippen LogP) is 2.75. The summed E-state index contributed by atoms with van der Waals surface area (Å²) in [6.45, 7) is 2.49. The van der Waals surface area contributed by atoms with Gasteiger partial charge in [0.05, 0.1) is 4.92 Å². The van der Waals surface area contributed by atoms with Crippen molar-refractivity contribution in [1.29, 1.82) is 0 Å². The average molecular weight is 281 g/mol. The number of carboxylic acids is 1. The molecule has 0 atom stereocenters. The van der Waals surface area contributed by atoms with Crippen LogP contribution in [-0.4, -0.2) is 27.5 Å². The van der Waals surface area contributed by atoms with Crippen molar-refractivity contribution in [3.63, 3.8) is 0 Å². The van der Waals surface area contributed by atoms with E-state index in [2.05, 4.69) is 10.3 Å². The molecule has 0 aliphatic heterocycles. The number of aromatic nitrogens is 1. The van der Waals surface area contributed by atoms with Gasteiger partial charge in [0, 0.05) is 19.0 Å². The molecule has 20 heavy (non-hydrogen) atoms. The van der Waals surface area contributed by atoms with Crippen molar-refractivity contribution < 1.29 is 14.8 Å². The topological polar surface area (TPSA) is 105 Å². The van der Waals surface area contributed by atoms with Crippen LogP contribution in [0.3, 0.4) is 0 Å². The number of pyridine rings is 1. The number of carbonyl (C=O) groups is 1. The number of nitrogens with one attached hydrogen (secondary N) is 1. The first-order valence-electron chi connectivity index (χ1n) is 6.57. The first-order chi connectivity index (χ1) is 9.50. The molecule has 1 aromatic rings. The standard InChI is InChI=1S/C13H19N3O4/c1-10-8-11(16(19)20)9-15-13(10)14-7-5-3-2-4-6-12(17)18/h8-9H,2-7H2,1H3,(H,14,15)(H,17,18). The molecule has 0 amide bonds. The Kier molecular flexibility index (Phi) is 6.42. The van der Waals surface area contributed by atoms with Crippen molar-refractivity contribution in [1.82, 2.24) is 4.98 Å². The third-order valence-electron chi connectivity index (χ3n) is 2.88. The van der Waals surface area contributed by atoms with Gasteiger partial charge < -0.3 is 10.4 Å². The second-order valence-electron chi connectivity index (χ2n) is 4.60. The Bertz CT molecular complexity index is 477. The van der Waals surface area contributed by atoms with Crippen molar-refractivity contribution >= 4 is 17.5 Å². The number of rotatable bonds is 9. The highest BCUT2D eigenvalue weighted by Gasteiger charge is 2.08. The summed E-state index contributed by atoms with van der Waals surface area (Å²) >= 11 is 0. The van der Waals surface area contributed by atoms with Crippen LogP contribution in [0.25, 0.3) is 0 Å². The molecule has 0 bridgehead atoms. The Morgan fingerprint density at radius 3 is 2.70 bits per heavy atom. The van der Waals surface area contributed by atoms with Crippen LogP contribution in [0, 0.1) is 17.0 Å². The van der Waals surface area contributed by atoms with Gasteiger partial charge >= 0.3 is 5.97 Å². The van der Waals surface area contributed by atoms with Gasteiger partial charge in [0.1, 0.15) is 12.0 Å². The number of aliphatic carboxylic acids is 1. The van der Waals surface area contributed by atoms with Crippen molar-refractivity contribution in [2.75, 3.05) is 11.9 Å². The van der Waals surface area contributed by atoms with Crippen LogP contribution in [0.5, 0.6) is 0 Å². The maximum atomic E-state index is 10.6. The maximum absolute atomic E-state index is 10.6. The normalized spacial score (nSPS) is 10.2. The molecule has 0 aliphatic carbocycles. The molecule has 1 heterocycles. The van der Waals surface area contributed by atoms with E-state index in [4.69, 9.17) is 5.11 Å². The average Bonchev–Trinajstić information content (AvgIpc) is 2.38. The molecule has 110 valence electrons. The Labute approximate surface area is 117 Å². The second kappa shape index (κ2) is 8.08. The van der Waals surface area contributed by atoms with Crippen LogP contribution in [-0.2, 0) is 4.79 Å². The lowest BCUT2D eigenvalue weighted by molar-refractivity contribution is -0.385. The van der Waals surface area contributed by atoms with E-state index < -0.39 is 10.9 Å². The van der Waals surface area contributed by atoms with Crippen LogP contribution < -0.4 is 5.32 Å². The highest BCUT2D eigenvalue weighted by atomic mass is 16.6. The summed E-state index contributed by atoms with van der Waals surface area (Å²) in [5.41, 5.74) is 0.729. The summed E-state index contributed by atoms with van der Waals surface area (Å²) in [7, 11) is 0. The monoisotopic (exact) mass is 281 g/mol. The number of carboxylic acid groups (broad SMARTS) is 1. The Balaban J connectivity index is 2.25. The summed E-state index contributed by atoms with van der Waals surface area (Å²) in [6.07, 6.45) is 4.91. The Hall–Kier alpha value is -2.18. The van der Waals surface area contributed by atoms with E-state index in [1.807, 2.05) is 0 Å². The largest absolute Gasteiger partial charge is 0.481 e. The number of anilines is 1. The summed E-state index contributed by atoms with van der Waals surface area (Å²) in [4.78, 5) is 24.5. The number of hydrogen-bond donors (Lipinski definition) is 2. The van der Waals surface area contributed by atoms with E-state index in [1.54, 1.807) is 6.92 Å². The van der Waals surface area contributed by atoms with Crippen molar-refractivity contribution in [2.45, 2.75) is 39.0 Å². The zero-order valence-corrected chi connectivity index (χ0v) is 11.5. The third-order valence-corrected chi connectivity index (χ3v) is 2.88. The van der Waals surface area contributed by atoms with Crippen LogP contribution in [0.1, 0.15) is 37.7 Å². The van der Waals surface area contributed by atoms with Gasteiger partial charge in [-0.3, -0.25) is 14.9 Å². The number of nitrogens with zero attached hydrogens (tertiary/aromatic N) is 2. The van der Waals surface area contributed by atoms with Gasteiger partial charge in [-0.2, -0.15) is 0 Å². The molecule has 1 aromatic heterocycles. The second-order valence-corrected chi connectivity index (χ2v) is 4.60. The zero-order valence-electron chi connectivity index (χ0n) is 11.5. The van der Waals surface area contributed by atoms with Gasteiger partial charge in [-0.05, 0) is 25.3 Å². The molecule has 0 saturated heterocycles. The lowest BCUT2D eigenvalue weighted by Gasteiger charge is -2.07. The minimum atomic E-state index is -0.756. The molecule has 2 N–H and O–H groups in total. The highest BCUT2D eigenvalue weighted by molar-refractivity contribution is 5.66. The van der Waals surface area contributed by atoms with Gasteiger partial charge in [0.15, 0.2) is 0 Å². The molecule has 7 heteroatoms. The highest BCUT2D eigenvalue weighted by Crippen LogP contribution is 2.17. The van der Waals surface area contributed by atoms with Gasteiger partial charge in [-0.1, -0.05) is 12.8 Å². The summed E-state index contributed by atoms with van der Waals surface area (Å²) in [5.74, 6) is -0.102. The molecule has 0 unspecified atom stereocenters. The van der Waals surface area contributed by atoms with E-state index in [1.165, 1.54) is 12.3 Å². The maximum Gasteiger partial charge on any atom is 0.303 e. The molecule has 0 spiro atoms. The number of unbranched alkanes of at least 4 members (excludes halogenated alkanes) is 3. The van der Waals surface area contributed by atoms with Crippen LogP contribution >= 0.6 is 0 Å². The Morgan fingerprint density at radius 2 is 2.10 bits per heavy atom. The van der Waals surface area contributed by atoms with Gasteiger partial charge in [-0.25, -0.2) is 4.98 Å². The molecule has 0 saturated carbocycles. The first kappa shape index (κ1) is 15.9. The fraction of sp³-hybridized carbons (Fsp3) is 0.538. The van der Waals surface area contributed by atoms with Crippen molar-refractivity contribution in [3.05, 3.63) is 27.9 Å². The quantitative estimate of drug-likeness (QED) is 0.409. The fourth-order valence-corrected chi connectivity index (χ4v) is 1.81. The van der Waals surface area contributed by atoms with Crippen molar-refractivity contribution in [2.24, 2.45) is 0 Å². The molecule has 7 nitrogen and oxygen atoms in total. The molecule has 0 radical (unpaired) electrons. The first-order valence-corrected chi connectivity index (χ1v) is 6.57. The van der Waals surface area contributed by atoms with E-state index >= 15 is 0 Å². The molecule has 0 aromatic carbocycles. The fourth-order valence-electron chi connectivity index (χ4n) is 1.81. The van der Waals surface area contributed by atoms with E-state index in [9.17, 15) is 14.9 Å². The Morgan fingerprint density at radius 1 is 1.40 bits per heavy atom. The molecular weight excluding hydrogens is 262 g/mol. The van der Waals surface area contributed by atoms with E-state index in [-0.39, 0.29) is 12.1 Å². The van der Waals surface area contributed by atoms with E-state index in [0.29, 0.717) is 12.2 Å². The molecule has 0 fully saturated rings. The van der Waals surface area contributed by atoms with Crippen LogP contribution in [0.2, 0.25) is 0 Å². The molecule has 1 rings (SSSR count). The predicted molar refractivity (Wildman–Crippen MR) is 74.8 cm³/mol. The smallest absolute Gasteiger partial charge is 0.303 e. The summed E-state index contributed by atoms with van der Waals surface area (Å²) in [5, 5.41) is 22.2.